The number of carbonyl (C=O) groups is 1. The second-order valence-corrected chi connectivity index (χ2v) is 5.54. The van der Waals surface area contributed by atoms with Crippen LogP contribution in [0.1, 0.15) is 28.9 Å². The maximum Gasteiger partial charge on any atom is 0.315 e. The Morgan fingerprint density at radius 2 is 1.96 bits per heavy atom. The smallest absolute Gasteiger partial charge is 0.315 e. The number of urea groups is 1. The van der Waals surface area contributed by atoms with Crippen LogP contribution in [0.15, 0.2) is 30.3 Å². The summed E-state index contributed by atoms with van der Waals surface area (Å²) < 4.78 is 1.95. The molecule has 124 valence electrons. The van der Waals surface area contributed by atoms with E-state index in [1.165, 1.54) is 0 Å². The minimum atomic E-state index is -0.203. The molecule has 1 aromatic carbocycles. The summed E-state index contributed by atoms with van der Waals surface area (Å²) in [4.78, 5) is 11.8. The molecule has 2 aromatic rings. The van der Waals surface area contributed by atoms with E-state index >= 15 is 0 Å². The van der Waals surface area contributed by atoms with E-state index in [9.17, 15) is 9.90 Å². The molecule has 0 aliphatic heterocycles. The molecule has 2 rings (SSSR count). The maximum absolute atomic E-state index is 11.8. The number of nitrogens with one attached hydrogen (secondary N) is 2. The number of amides is 2. The van der Waals surface area contributed by atoms with Gasteiger partial charge in [0.25, 0.3) is 0 Å². The Morgan fingerprint density at radius 3 is 2.61 bits per heavy atom. The van der Waals surface area contributed by atoms with E-state index in [0.29, 0.717) is 13.1 Å². The number of hydrogen-bond donors (Lipinski definition) is 3. The zero-order valence-corrected chi connectivity index (χ0v) is 13.7. The number of aliphatic hydroxyl groups is 1. The fraction of sp³-hybridized carbons (Fsp3) is 0.412. The molecular formula is C17H24N4O2. The first kappa shape index (κ1) is 17.0. The molecular weight excluding hydrogens is 292 g/mol. The Hall–Kier alpha value is -2.34. The standard InChI is InChI=1S/C17H24N4O2/c1-13-10-14(2)21(20-13)9-5-8-18-17(23)19-11-15-6-3-4-7-16(15)12-22/h3-4,6-7,10,22H,5,8-9,11-12H2,1-2H3,(H2,18,19,23). The van der Waals surface area contributed by atoms with Gasteiger partial charge in [-0.25, -0.2) is 4.79 Å². The Morgan fingerprint density at radius 1 is 1.22 bits per heavy atom. The van der Waals surface area contributed by atoms with Crippen molar-refractivity contribution in [3.63, 3.8) is 0 Å². The molecule has 6 heteroatoms. The lowest BCUT2D eigenvalue weighted by Gasteiger charge is -2.10. The molecule has 0 fully saturated rings. The minimum Gasteiger partial charge on any atom is -0.392 e. The zero-order chi connectivity index (χ0) is 16.7. The Labute approximate surface area is 136 Å². The molecule has 0 aliphatic carbocycles. The molecule has 0 aliphatic rings. The van der Waals surface area contributed by atoms with Crippen LogP contribution in [0, 0.1) is 13.8 Å². The highest BCUT2D eigenvalue weighted by atomic mass is 16.3. The van der Waals surface area contributed by atoms with Crippen LogP contribution < -0.4 is 10.6 Å². The molecule has 23 heavy (non-hydrogen) atoms. The highest BCUT2D eigenvalue weighted by Gasteiger charge is 2.04. The first-order chi connectivity index (χ1) is 11.1. The van der Waals surface area contributed by atoms with Crippen LogP contribution in [0.25, 0.3) is 0 Å². The summed E-state index contributed by atoms with van der Waals surface area (Å²) in [5.41, 5.74) is 3.90. The van der Waals surface area contributed by atoms with Crippen LogP contribution in [0.3, 0.4) is 0 Å². The van der Waals surface area contributed by atoms with E-state index in [0.717, 1.165) is 35.5 Å². The summed E-state index contributed by atoms with van der Waals surface area (Å²) in [7, 11) is 0. The van der Waals surface area contributed by atoms with Gasteiger partial charge in [0.2, 0.25) is 0 Å². The first-order valence-electron chi connectivity index (χ1n) is 7.80. The molecule has 1 heterocycles. The molecule has 0 radical (unpaired) electrons. The van der Waals surface area contributed by atoms with Gasteiger partial charge >= 0.3 is 6.03 Å². The van der Waals surface area contributed by atoms with Gasteiger partial charge in [-0.2, -0.15) is 5.10 Å². The molecule has 0 saturated heterocycles. The van der Waals surface area contributed by atoms with Crippen LogP contribution >= 0.6 is 0 Å². The summed E-state index contributed by atoms with van der Waals surface area (Å²) >= 11 is 0. The average Bonchev–Trinajstić information content (AvgIpc) is 2.87. The van der Waals surface area contributed by atoms with Gasteiger partial charge in [-0.05, 0) is 37.5 Å². The fourth-order valence-corrected chi connectivity index (χ4v) is 2.45. The van der Waals surface area contributed by atoms with Gasteiger partial charge in [-0.3, -0.25) is 4.68 Å². The number of hydrogen-bond acceptors (Lipinski definition) is 3. The summed E-state index contributed by atoms with van der Waals surface area (Å²) in [6, 6.07) is 9.35. The monoisotopic (exact) mass is 316 g/mol. The van der Waals surface area contributed by atoms with Gasteiger partial charge < -0.3 is 15.7 Å². The Kier molecular flexibility index (Phi) is 6.17. The van der Waals surface area contributed by atoms with Crippen molar-refractivity contribution < 1.29 is 9.90 Å². The second-order valence-electron chi connectivity index (χ2n) is 5.54. The van der Waals surface area contributed by atoms with Crippen LogP contribution in [0.5, 0.6) is 0 Å². The van der Waals surface area contributed by atoms with Crippen molar-refractivity contribution in [2.24, 2.45) is 0 Å². The van der Waals surface area contributed by atoms with E-state index in [-0.39, 0.29) is 12.6 Å². The summed E-state index contributed by atoms with van der Waals surface area (Å²) in [6.07, 6.45) is 0.822. The maximum atomic E-state index is 11.8. The van der Waals surface area contributed by atoms with Crippen molar-refractivity contribution in [1.82, 2.24) is 20.4 Å². The van der Waals surface area contributed by atoms with Crippen molar-refractivity contribution in [3.05, 3.63) is 52.8 Å². The summed E-state index contributed by atoms with van der Waals surface area (Å²) in [5, 5.41) is 19.3. The van der Waals surface area contributed by atoms with Crippen molar-refractivity contribution in [2.75, 3.05) is 6.54 Å². The highest BCUT2D eigenvalue weighted by molar-refractivity contribution is 5.73. The third-order valence-electron chi connectivity index (χ3n) is 3.66. The number of aryl methyl sites for hydroxylation is 3. The van der Waals surface area contributed by atoms with Gasteiger partial charge in [0.15, 0.2) is 0 Å². The lowest BCUT2D eigenvalue weighted by molar-refractivity contribution is 0.239. The molecule has 1 aromatic heterocycles. The van der Waals surface area contributed by atoms with Gasteiger partial charge in [-0.1, -0.05) is 24.3 Å². The SMILES string of the molecule is Cc1cc(C)n(CCCNC(=O)NCc2ccccc2CO)n1. The van der Waals surface area contributed by atoms with Crippen molar-refractivity contribution >= 4 is 6.03 Å². The molecule has 2 amide bonds. The van der Waals surface area contributed by atoms with Gasteiger partial charge in [0, 0.05) is 25.3 Å². The average molecular weight is 316 g/mol. The van der Waals surface area contributed by atoms with E-state index in [1.54, 1.807) is 0 Å². The van der Waals surface area contributed by atoms with E-state index in [2.05, 4.69) is 15.7 Å². The van der Waals surface area contributed by atoms with Gasteiger partial charge in [0.1, 0.15) is 0 Å². The minimum absolute atomic E-state index is 0.0257. The predicted molar refractivity (Wildman–Crippen MR) is 88.9 cm³/mol. The number of nitrogens with zero attached hydrogens (tertiary/aromatic N) is 2. The lowest BCUT2D eigenvalue weighted by Crippen LogP contribution is -2.36. The third-order valence-corrected chi connectivity index (χ3v) is 3.66. The molecule has 0 bridgehead atoms. The third kappa shape index (κ3) is 5.10. The number of aliphatic hydroxyl groups excluding tert-OH is 1. The molecule has 0 saturated carbocycles. The highest BCUT2D eigenvalue weighted by Crippen LogP contribution is 2.07. The van der Waals surface area contributed by atoms with E-state index in [4.69, 9.17) is 0 Å². The molecule has 3 N–H and O–H groups in total. The largest absolute Gasteiger partial charge is 0.392 e. The van der Waals surface area contributed by atoms with Crippen molar-refractivity contribution in [1.29, 1.82) is 0 Å². The number of carbonyl (C=O) groups excluding carboxylic acids is 1. The van der Waals surface area contributed by atoms with Gasteiger partial charge in [-0.15, -0.1) is 0 Å². The zero-order valence-electron chi connectivity index (χ0n) is 13.7. The lowest BCUT2D eigenvalue weighted by atomic mass is 10.1. The van der Waals surface area contributed by atoms with Crippen LogP contribution in [-0.2, 0) is 19.7 Å². The first-order valence-corrected chi connectivity index (χ1v) is 7.80. The van der Waals surface area contributed by atoms with Crippen molar-refractivity contribution in [2.45, 2.75) is 40.0 Å². The van der Waals surface area contributed by atoms with Crippen LogP contribution in [-0.4, -0.2) is 27.5 Å². The quantitative estimate of drug-likeness (QED) is 0.682. The van der Waals surface area contributed by atoms with E-state index in [1.807, 2.05) is 48.9 Å². The predicted octanol–water partition coefficient (Wildman–Crippen LogP) is 1.88. The number of rotatable bonds is 7. The van der Waals surface area contributed by atoms with E-state index < -0.39 is 0 Å². The summed E-state index contributed by atoms with van der Waals surface area (Å²) in [5.74, 6) is 0. The Balaban J connectivity index is 1.68. The number of aromatic nitrogens is 2. The second kappa shape index (κ2) is 8.33. The normalized spacial score (nSPS) is 10.6. The van der Waals surface area contributed by atoms with Crippen LogP contribution in [0.2, 0.25) is 0 Å². The van der Waals surface area contributed by atoms with Crippen molar-refractivity contribution in [3.8, 4) is 0 Å². The molecule has 6 nitrogen and oxygen atoms in total. The molecule has 0 spiro atoms. The Bertz CT molecular complexity index is 652. The summed E-state index contributed by atoms with van der Waals surface area (Å²) in [6.45, 7) is 5.75. The number of benzene rings is 1. The topological polar surface area (TPSA) is 79.2 Å². The molecule has 0 unspecified atom stereocenters. The fourth-order valence-electron chi connectivity index (χ4n) is 2.45. The van der Waals surface area contributed by atoms with Gasteiger partial charge in [0.05, 0.1) is 12.3 Å². The van der Waals surface area contributed by atoms with Crippen LogP contribution in [0.4, 0.5) is 4.79 Å². The molecule has 0 atom stereocenters.